The second-order valence-corrected chi connectivity index (χ2v) is 16.8. The molecule has 11 aromatic rings. The number of hydrogen-bond acceptors (Lipinski definition) is 2. The van der Waals surface area contributed by atoms with Crippen molar-refractivity contribution in [1.82, 2.24) is 14.5 Å². The van der Waals surface area contributed by atoms with Crippen LogP contribution in [0.1, 0.15) is 29.5 Å². The molecule has 2 heterocycles. The molecule has 0 radical (unpaired) electrons. The van der Waals surface area contributed by atoms with E-state index in [0.29, 0.717) is 0 Å². The Balaban J connectivity index is 1.03. The van der Waals surface area contributed by atoms with Crippen LogP contribution in [0.4, 0.5) is 0 Å². The molecule has 0 bridgehead atoms. The molecular weight excluding hydrogens is 751 g/mol. The number of aromatic nitrogens is 3. The second-order valence-electron chi connectivity index (χ2n) is 16.8. The maximum Gasteiger partial charge on any atom is 0.0979 e. The van der Waals surface area contributed by atoms with E-state index < -0.39 is 5.41 Å². The monoisotopic (exact) mass is 789 g/mol. The molecule has 2 aliphatic carbocycles. The van der Waals surface area contributed by atoms with Crippen LogP contribution in [-0.4, -0.2) is 14.5 Å². The normalized spacial score (nSPS) is 15.7. The van der Waals surface area contributed by atoms with E-state index in [1.54, 1.807) is 0 Å². The number of fused-ring (bicyclic) bond motifs is 12. The quantitative estimate of drug-likeness (QED) is 0.163. The lowest BCUT2D eigenvalue weighted by Gasteiger charge is -2.37. The Labute approximate surface area is 359 Å². The molecule has 1 unspecified atom stereocenters. The third-order valence-corrected chi connectivity index (χ3v) is 13.6. The highest BCUT2D eigenvalue weighted by Gasteiger charge is 2.47. The highest BCUT2D eigenvalue weighted by Crippen LogP contribution is 2.59. The van der Waals surface area contributed by atoms with E-state index in [1.807, 2.05) is 6.20 Å². The van der Waals surface area contributed by atoms with Crippen molar-refractivity contribution in [2.45, 2.75) is 18.3 Å². The summed E-state index contributed by atoms with van der Waals surface area (Å²) in [6.45, 7) is 0. The Morgan fingerprint density at radius 3 is 1.77 bits per heavy atom. The number of benzene rings is 9. The minimum Gasteiger partial charge on any atom is -0.309 e. The molecule has 0 aliphatic heterocycles. The fourth-order valence-electron chi connectivity index (χ4n) is 10.9. The van der Waals surface area contributed by atoms with E-state index in [-0.39, 0.29) is 0 Å². The highest BCUT2D eigenvalue weighted by atomic mass is 15.0. The fourth-order valence-corrected chi connectivity index (χ4v) is 10.9. The minimum atomic E-state index is -0.511. The fraction of sp³-hybridized carbons (Fsp3) is 0.0508. The van der Waals surface area contributed by atoms with Crippen molar-refractivity contribution in [3.8, 4) is 39.2 Å². The maximum absolute atomic E-state index is 5.46. The summed E-state index contributed by atoms with van der Waals surface area (Å²) < 4.78 is 2.39. The zero-order valence-corrected chi connectivity index (χ0v) is 34.0. The summed E-state index contributed by atoms with van der Waals surface area (Å²) in [5.74, 6) is 0. The van der Waals surface area contributed by atoms with Gasteiger partial charge in [-0.1, -0.05) is 169 Å². The number of rotatable bonds is 5. The number of para-hydroxylation sites is 2. The van der Waals surface area contributed by atoms with Crippen LogP contribution < -0.4 is 0 Å². The van der Waals surface area contributed by atoms with Gasteiger partial charge in [-0.15, -0.1) is 0 Å². The molecule has 0 N–H and O–H groups in total. The van der Waals surface area contributed by atoms with Gasteiger partial charge in [0.25, 0.3) is 0 Å². The Morgan fingerprint density at radius 2 is 1.05 bits per heavy atom. The van der Waals surface area contributed by atoms with Gasteiger partial charge in [0.2, 0.25) is 0 Å². The van der Waals surface area contributed by atoms with Gasteiger partial charge in [0.15, 0.2) is 0 Å². The average Bonchev–Trinajstić information content (AvgIpc) is 3.84. The first-order valence-corrected chi connectivity index (χ1v) is 21.6. The molecule has 2 aromatic heterocycles. The summed E-state index contributed by atoms with van der Waals surface area (Å²) in [5, 5.41) is 7.16. The van der Waals surface area contributed by atoms with Gasteiger partial charge < -0.3 is 4.57 Å². The van der Waals surface area contributed by atoms with Gasteiger partial charge in [0, 0.05) is 32.8 Å². The molecule has 290 valence electrons. The van der Waals surface area contributed by atoms with Gasteiger partial charge in [0.05, 0.1) is 39.4 Å². The van der Waals surface area contributed by atoms with Gasteiger partial charge in [0.1, 0.15) is 0 Å². The molecule has 0 spiro atoms. The van der Waals surface area contributed by atoms with Crippen molar-refractivity contribution < 1.29 is 0 Å². The zero-order valence-electron chi connectivity index (χ0n) is 34.0. The molecule has 9 aromatic carbocycles. The Kier molecular flexibility index (Phi) is 7.65. The molecule has 3 heteroatoms. The summed E-state index contributed by atoms with van der Waals surface area (Å²) in [5.41, 5.74) is 17.1. The predicted octanol–water partition coefficient (Wildman–Crippen LogP) is 15.0. The molecular formula is C59H39N3. The minimum absolute atomic E-state index is 0.511. The maximum atomic E-state index is 5.46. The molecule has 2 aliphatic rings. The zero-order chi connectivity index (χ0) is 40.8. The third kappa shape index (κ3) is 5.00. The SMILES string of the molecule is C1=CCCC(C2(c3ccccc3)c3cc(-c4ccc5c(c4)c4ccccc4n5-c4ccccc4)ccc3-c3ccc(-c4cnc5c6ccccc6c6ccccc6c5n4)cc32)=C1. The molecule has 0 saturated heterocycles. The van der Waals surface area contributed by atoms with Crippen LogP contribution in [0.15, 0.2) is 218 Å². The predicted molar refractivity (Wildman–Crippen MR) is 258 cm³/mol. The van der Waals surface area contributed by atoms with Crippen LogP contribution in [0.3, 0.4) is 0 Å². The molecule has 13 rings (SSSR count). The molecule has 1 atom stereocenters. The average molecular weight is 790 g/mol. The first-order valence-electron chi connectivity index (χ1n) is 21.6. The first-order chi connectivity index (χ1) is 30.8. The molecule has 0 saturated carbocycles. The van der Waals surface area contributed by atoms with Gasteiger partial charge >= 0.3 is 0 Å². The smallest absolute Gasteiger partial charge is 0.0979 e. The standard InChI is InChI=1S/C59H39N3/c1-4-16-41(17-5-1)59(42-18-6-2-7-19-42)52-35-39(38-30-33-56-51(34-38)48-24-14-15-27-55(48)62(56)43-20-8-3-9-21-43)28-31-46(52)47-32-29-40(36-53(47)59)54-37-60-57-49-25-12-10-22-44(49)45-23-11-13-26-50(45)58(57)61-54/h1-6,8-18,20-37H,7,19H2. The van der Waals surface area contributed by atoms with Crippen molar-refractivity contribution in [3.05, 3.63) is 235 Å². The number of nitrogens with zero attached hydrogens (tertiary/aromatic N) is 3. The van der Waals surface area contributed by atoms with Crippen LogP contribution in [-0.2, 0) is 5.41 Å². The van der Waals surface area contributed by atoms with Crippen molar-refractivity contribution in [2.24, 2.45) is 0 Å². The Morgan fingerprint density at radius 1 is 0.468 bits per heavy atom. The van der Waals surface area contributed by atoms with E-state index in [4.69, 9.17) is 9.97 Å². The largest absolute Gasteiger partial charge is 0.309 e. The molecule has 3 nitrogen and oxygen atoms in total. The van der Waals surface area contributed by atoms with Crippen LogP contribution in [0, 0.1) is 0 Å². The van der Waals surface area contributed by atoms with Crippen LogP contribution >= 0.6 is 0 Å². The summed E-state index contributed by atoms with van der Waals surface area (Å²) in [7, 11) is 0. The van der Waals surface area contributed by atoms with Crippen LogP contribution in [0.2, 0.25) is 0 Å². The molecule has 0 fully saturated rings. The van der Waals surface area contributed by atoms with E-state index in [2.05, 4.69) is 211 Å². The van der Waals surface area contributed by atoms with E-state index in [9.17, 15) is 0 Å². The van der Waals surface area contributed by atoms with Crippen LogP contribution in [0.5, 0.6) is 0 Å². The summed E-state index contributed by atoms with van der Waals surface area (Å²) in [6, 6.07) is 69.0. The van der Waals surface area contributed by atoms with Crippen molar-refractivity contribution in [1.29, 1.82) is 0 Å². The van der Waals surface area contributed by atoms with Crippen molar-refractivity contribution in [3.63, 3.8) is 0 Å². The Hall–Kier alpha value is -7.88. The summed E-state index contributed by atoms with van der Waals surface area (Å²) in [6.07, 6.45) is 10.9. The third-order valence-electron chi connectivity index (χ3n) is 13.6. The van der Waals surface area contributed by atoms with Gasteiger partial charge in [-0.25, -0.2) is 4.98 Å². The highest BCUT2D eigenvalue weighted by molar-refractivity contribution is 6.23. The molecule has 62 heavy (non-hydrogen) atoms. The van der Waals surface area contributed by atoms with E-state index in [0.717, 1.165) is 45.9 Å². The van der Waals surface area contributed by atoms with E-state index in [1.165, 1.54) is 82.8 Å². The van der Waals surface area contributed by atoms with E-state index >= 15 is 0 Å². The summed E-state index contributed by atoms with van der Waals surface area (Å²) in [4.78, 5) is 10.6. The lowest BCUT2D eigenvalue weighted by Crippen LogP contribution is -2.30. The summed E-state index contributed by atoms with van der Waals surface area (Å²) >= 11 is 0. The van der Waals surface area contributed by atoms with Gasteiger partial charge in [-0.3, -0.25) is 4.98 Å². The van der Waals surface area contributed by atoms with Gasteiger partial charge in [-0.05, 0) is 105 Å². The first kappa shape index (κ1) is 34.9. The molecule has 0 amide bonds. The second kappa shape index (κ2) is 13.6. The van der Waals surface area contributed by atoms with Crippen molar-refractivity contribution >= 4 is 54.4 Å². The lowest BCUT2D eigenvalue weighted by molar-refractivity contribution is 0.693. The topological polar surface area (TPSA) is 30.7 Å². The number of allylic oxidation sites excluding steroid dienone is 4. The van der Waals surface area contributed by atoms with Gasteiger partial charge in [-0.2, -0.15) is 0 Å². The van der Waals surface area contributed by atoms with Crippen LogP contribution in [0.25, 0.3) is 93.6 Å². The lowest BCUT2D eigenvalue weighted by atomic mass is 9.65. The van der Waals surface area contributed by atoms with Crippen molar-refractivity contribution in [2.75, 3.05) is 0 Å². The number of hydrogen-bond donors (Lipinski definition) is 0. The Bertz CT molecular complexity index is 3650.